The first-order valence-electron chi connectivity index (χ1n) is 9.90. The molecule has 32 heavy (non-hydrogen) atoms. The molecule has 0 saturated heterocycles. The predicted octanol–water partition coefficient (Wildman–Crippen LogP) is 5.89. The average Bonchev–Trinajstić information content (AvgIpc) is 3.29. The molecule has 0 aliphatic heterocycles. The van der Waals surface area contributed by atoms with Crippen LogP contribution in [0.15, 0.2) is 88.5 Å². The van der Waals surface area contributed by atoms with Crippen LogP contribution in [0.25, 0.3) is 0 Å². The van der Waals surface area contributed by atoms with E-state index in [1.807, 2.05) is 42.5 Å². The van der Waals surface area contributed by atoms with E-state index >= 15 is 0 Å². The smallest absolute Gasteiger partial charge is 0.277 e. The molecule has 8 heteroatoms. The average molecular weight is 450 g/mol. The zero-order valence-corrected chi connectivity index (χ0v) is 18.0. The van der Waals surface area contributed by atoms with Crippen LogP contribution in [0.5, 0.6) is 5.75 Å². The van der Waals surface area contributed by atoms with Crippen LogP contribution >= 0.6 is 11.8 Å². The second-order valence-electron chi connectivity index (χ2n) is 6.93. The number of halogens is 1. The third-order valence-electron chi connectivity index (χ3n) is 4.51. The van der Waals surface area contributed by atoms with Crippen molar-refractivity contribution in [3.63, 3.8) is 0 Å². The van der Waals surface area contributed by atoms with Crippen molar-refractivity contribution in [2.45, 2.75) is 24.0 Å². The van der Waals surface area contributed by atoms with Crippen molar-refractivity contribution in [2.24, 2.45) is 0 Å². The van der Waals surface area contributed by atoms with E-state index in [1.54, 1.807) is 31.2 Å². The molecule has 0 bridgehead atoms. The third-order valence-corrected chi connectivity index (χ3v) is 5.40. The first kappa shape index (κ1) is 21.6. The van der Waals surface area contributed by atoms with Crippen LogP contribution in [0.4, 0.5) is 10.1 Å². The highest BCUT2D eigenvalue weighted by Crippen LogP contribution is 2.26. The van der Waals surface area contributed by atoms with E-state index in [-0.39, 0.29) is 11.7 Å². The standard InChI is InChI=1S/C24H20FN3O3S/c1-16(30-21-13-11-19(25)12-14-21)23-27-28-24(31-23)32-15-17-7-9-18(10-8-17)22(29)26-20-5-3-2-4-6-20/h2-14,16H,15H2,1H3,(H,26,29)/t16-/m1/s1. The van der Waals surface area contributed by atoms with E-state index in [0.717, 1.165) is 11.3 Å². The number of ether oxygens (including phenoxy) is 1. The number of nitrogens with one attached hydrogen (secondary N) is 1. The summed E-state index contributed by atoms with van der Waals surface area (Å²) in [4.78, 5) is 12.3. The minimum absolute atomic E-state index is 0.160. The molecular formula is C24H20FN3O3S. The summed E-state index contributed by atoms with van der Waals surface area (Å²) in [7, 11) is 0. The van der Waals surface area contributed by atoms with Crippen molar-refractivity contribution >= 4 is 23.4 Å². The van der Waals surface area contributed by atoms with E-state index in [0.29, 0.717) is 28.2 Å². The Hall–Kier alpha value is -3.65. The number of para-hydroxylation sites is 1. The predicted molar refractivity (Wildman–Crippen MR) is 120 cm³/mol. The summed E-state index contributed by atoms with van der Waals surface area (Å²) in [5.74, 6) is 0.973. The number of nitrogens with zero attached hydrogens (tertiary/aromatic N) is 2. The van der Waals surface area contributed by atoms with Crippen LogP contribution in [0.1, 0.15) is 34.8 Å². The molecule has 1 atom stereocenters. The second-order valence-corrected chi connectivity index (χ2v) is 7.85. The Kier molecular flexibility index (Phi) is 6.81. The molecule has 1 aromatic heterocycles. The van der Waals surface area contributed by atoms with Gasteiger partial charge in [0.1, 0.15) is 11.6 Å². The summed E-state index contributed by atoms with van der Waals surface area (Å²) in [6, 6.07) is 22.4. The molecule has 6 nitrogen and oxygen atoms in total. The van der Waals surface area contributed by atoms with Crippen molar-refractivity contribution in [2.75, 3.05) is 5.32 Å². The zero-order chi connectivity index (χ0) is 22.3. The number of anilines is 1. The second kappa shape index (κ2) is 10.1. The zero-order valence-electron chi connectivity index (χ0n) is 17.2. The van der Waals surface area contributed by atoms with Gasteiger partial charge >= 0.3 is 0 Å². The number of thioether (sulfide) groups is 1. The van der Waals surface area contributed by atoms with Gasteiger partial charge in [0.05, 0.1) is 0 Å². The lowest BCUT2D eigenvalue weighted by Gasteiger charge is -2.10. The molecule has 1 heterocycles. The maximum atomic E-state index is 13.0. The quantitative estimate of drug-likeness (QED) is 0.338. The van der Waals surface area contributed by atoms with E-state index < -0.39 is 6.10 Å². The highest BCUT2D eigenvalue weighted by Gasteiger charge is 2.16. The molecule has 1 N–H and O–H groups in total. The van der Waals surface area contributed by atoms with Gasteiger partial charge < -0.3 is 14.5 Å². The van der Waals surface area contributed by atoms with Crippen molar-refractivity contribution in [1.29, 1.82) is 0 Å². The Balaban J connectivity index is 1.29. The van der Waals surface area contributed by atoms with Crippen LogP contribution in [0, 0.1) is 5.82 Å². The summed E-state index contributed by atoms with van der Waals surface area (Å²) >= 11 is 1.39. The van der Waals surface area contributed by atoms with Gasteiger partial charge in [-0.05, 0) is 61.0 Å². The summed E-state index contributed by atoms with van der Waals surface area (Å²) in [6.07, 6.45) is -0.468. The SMILES string of the molecule is C[C@@H](Oc1ccc(F)cc1)c1nnc(SCc2ccc(C(=O)Nc3ccccc3)cc2)o1. The van der Waals surface area contributed by atoms with Crippen LogP contribution in [0.3, 0.4) is 0 Å². The fourth-order valence-corrected chi connectivity index (χ4v) is 3.56. The number of hydrogen-bond donors (Lipinski definition) is 1. The van der Waals surface area contributed by atoms with Gasteiger partial charge in [-0.15, -0.1) is 10.2 Å². The number of rotatable bonds is 8. The van der Waals surface area contributed by atoms with Crippen LogP contribution < -0.4 is 10.1 Å². The molecule has 4 aromatic rings. The molecular weight excluding hydrogens is 429 g/mol. The van der Waals surface area contributed by atoms with E-state index in [4.69, 9.17) is 9.15 Å². The minimum atomic E-state index is -0.468. The van der Waals surface area contributed by atoms with Gasteiger partial charge in [0.15, 0.2) is 6.10 Å². The van der Waals surface area contributed by atoms with Crippen LogP contribution in [0.2, 0.25) is 0 Å². The number of amides is 1. The molecule has 0 aliphatic rings. The van der Waals surface area contributed by atoms with E-state index in [9.17, 15) is 9.18 Å². The molecule has 0 aliphatic carbocycles. The normalized spacial score (nSPS) is 11.7. The van der Waals surface area contributed by atoms with Crippen LogP contribution in [-0.2, 0) is 5.75 Å². The van der Waals surface area contributed by atoms with Gasteiger partial charge in [0.2, 0.25) is 0 Å². The van der Waals surface area contributed by atoms with Gasteiger partial charge in [-0.3, -0.25) is 4.79 Å². The highest BCUT2D eigenvalue weighted by molar-refractivity contribution is 7.98. The minimum Gasteiger partial charge on any atom is -0.481 e. The van der Waals surface area contributed by atoms with Crippen molar-refractivity contribution in [3.05, 3.63) is 102 Å². The molecule has 0 unspecified atom stereocenters. The fourth-order valence-electron chi connectivity index (χ4n) is 2.83. The first-order chi connectivity index (χ1) is 15.6. The topological polar surface area (TPSA) is 77.2 Å². The monoisotopic (exact) mass is 449 g/mol. The van der Waals surface area contributed by atoms with Crippen molar-refractivity contribution < 1.29 is 18.3 Å². The molecule has 0 fully saturated rings. The number of carbonyl (C=O) groups excluding carboxylic acids is 1. The Labute approximate surface area is 188 Å². The lowest BCUT2D eigenvalue weighted by atomic mass is 10.1. The van der Waals surface area contributed by atoms with Gasteiger partial charge in [-0.2, -0.15) is 0 Å². The summed E-state index contributed by atoms with van der Waals surface area (Å²) in [5, 5.41) is 11.4. The maximum Gasteiger partial charge on any atom is 0.277 e. The van der Waals surface area contributed by atoms with Gasteiger partial charge in [0.25, 0.3) is 17.0 Å². The molecule has 0 spiro atoms. The van der Waals surface area contributed by atoms with Crippen molar-refractivity contribution in [3.8, 4) is 5.75 Å². The van der Waals surface area contributed by atoms with Gasteiger partial charge in [-0.1, -0.05) is 42.1 Å². The third kappa shape index (κ3) is 5.73. The van der Waals surface area contributed by atoms with Crippen molar-refractivity contribution in [1.82, 2.24) is 10.2 Å². The Morgan fingerprint density at radius 1 is 1.03 bits per heavy atom. The largest absolute Gasteiger partial charge is 0.481 e. The molecule has 4 rings (SSSR count). The van der Waals surface area contributed by atoms with Crippen LogP contribution in [-0.4, -0.2) is 16.1 Å². The van der Waals surface area contributed by atoms with Gasteiger partial charge in [-0.25, -0.2) is 4.39 Å². The molecule has 162 valence electrons. The fraction of sp³-hybridized carbons (Fsp3) is 0.125. The molecule has 3 aromatic carbocycles. The number of aromatic nitrogens is 2. The Morgan fingerprint density at radius 2 is 1.75 bits per heavy atom. The lowest BCUT2D eigenvalue weighted by molar-refractivity contribution is 0.102. The molecule has 0 saturated carbocycles. The highest BCUT2D eigenvalue weighted by atomic mass is 32.2. The number of benzene rings is 3. The summed E-state index contributed by atoms with van der Waals surface area (Å²) < 4.78 is 24.4. The lowest BCUT2D eigenvalue weighted by Crippen LogP contribution is -2.11. The van der Waals surface area contributed by atoms with E-state index in [2.05, 4.69) is 15.5 Å². The Bertz CT molecular complexity index is 1170. The number of hydrogen-bond acceptors (Lipinski definition) is 6. The summed E-state index contributed by atoms with van der Waals surface area (Å²) in [5.41, 5.74) is 2.35. The van der Waals surface area contributed by atoms with E-state index in [1.165, 1.54) is 23.9 Å². The molecule has 1 amide bonds. The first-order valence-corrected chi connectivity index (χ1v) is 10.9. The number of carbonyl (C=O) groups is 1. The summed E-state index contributed by atoms with van der Waals surface area (Å²) in [6.45, 7) is 1.78. The van der Waals surface area contributed by atoms with Gasteiger partial charge in [0, 0.05) is 17.0 Å². The Morgan fingerprint density at radius 3 is 2.47 bits per heavy atom. The maximum absolute atomic E-state index is 13.0. The molecule has 0 radical (unpaired) electrons.